The van der Waals surface area contributed by atoms with E-state index in [-0.39, 0.29) is 28.7 Å². The maximum Gasteiger partial charge on any atom is 0.254 e. The van der Waals surface area contributed by atoms with Gasteiger partial charge in [0.1, 0.15) is 5.75 Å². The zero-order chi connectivity index (χ0) is 22.7. The number of amides is 1. The average molecular weight is 502 g/mol. The minimum Gasteiger partial charge on any atom is -0.489 e. The molecule has 0 spiro atoms. The van der Waals surface area contributed by atoms with Crippen molar-refractivity contribution in [3.63, 3.8) is 0 Å². The maximum absolute atomic E-state index is 12.3. The summed E-state index contributed by atoms with van der Waals surface area (Å²) < 4.78 is 14.7. The van der Waals surface area contributed by atoms with Crippen LogP contribution in [0.4, 0.5) is 0 Å². The van der Waals surface area contributed by atoms with E-state index in [2.05, 4.69) is 49.8 Å². The van der Waals surface area contributed by atoms with Crippen LogP contribution in [0.1, 0.15) is 53.4 Å². The second-order valence-electron chi connectivity index (χ2n) is 9.80. The molecule has 2 rings (SSSR count). The molecular formula is C22H37BrN2O4Si. The summed E-state index contributed by atoms with van der Waals surface area (Å²) in [7, 11) is -0.0986. The Hall–Kier alpha value is -1.12. The Kier molecular flexibility index (Phi) is 8.38. The zero-order valence-electron chi connectivity index (χ0n) is 19.5. The van der Waals surface area contributed by atoms with E-state index >= 15 is 0 Å². The SMILES string of the molecule is CC(=O)N(CCO[Si](C)(C)C(C)(C)C)[C@H]1CC[C@H](Oc2cc(=O)n(C)cc2Br)CC1. The number of carbonyl (C=O) groups is 1. The number of rotatable bonds is 7. The second kappa shape index (κ2) is 10.00. The van der Waals surface area contributed by atoms with Gasteiger partial charge >= 0.3 is 0 Å². The van der Waals surface area contributed by atoms with Crippen molar-refractivity contribution in [1.29, 1.82) is 0 Å². The lowest BCUT2D eigenvalue weighted by molar-refractivity contribution is -0.132. The van der Waals surface area contributed by atoms with E-state index in [9.17, 15) is 9.59 Å². The molecule has 1 saturated carbocycles. The largest absolute Gasteiger partial charge is 0.489 e. The van der Waals surface area contributed by atoms with Crippen molar-refractivity contribution >= 4 is 30.2 Å². The molecular weight excluding hydrogens is 464 g/mol. The van der Waals surface area contributed by atoms with Gasteiger partial charge in [0.25, 0.3) is 5.56 Å². The Bertz CT molecular complexity index is 795. The highest BCUT2D eigenvalue weighted by atomic mass is 79.9. The topological polar surface area (TPSA) is 60.8 Å². The fourth-order valence-electron chi connectivity index (χ4n) is 3.54. The van der Waals surface area contributed by atoms with Gasteiger partial charge in [0.15, 0.2) is 8.32 Å². The monoisotopic (exact) mass is 500 g/mol. The van der Waals surface area contributed by atoms with Crippen LogP contribution in [0.3, 0.4) is 0 Å². The molecule has 0 N–H and O–H groups in total. The van der Waals surface area contributed by atoms with Gasteiger partial charge in [0.2, 0.25) is 5.91 Å². The number of hydrogen-bond donors (Lipinski definition) is 0. The number of pyridine rings is 1. The smallest absolute Gasteiger partial charge is 0.254 e. The molecule has 0 atom stereocenters. The van der Waals surface area contributed by atoms with Gasteiger partial charge < -0.3 is 18.6 Å². The fourth-order valence-corrected chi connectivity index (χ4v) is 5.09. The van der Waals surface area contributed by atoms with E-state index in [1.165, 1.54) is 10.6 Å². The number of ether oxygens (including phenoxy) is 1. The van der Waals surface area contributed by atoms with Gasteiger partial charge in [-0.25, -0.2) is 0 Å². The molecule has 1 aromatic heterocycles. The van der Waals surface area contributed by atoms with Crippen LogP contribution in [-0.2, 0) is 16.3 Å². The summed E-state index contributed by atoms with van der Waals surface area (Å²) in [5.74, 6) is 0.695. The lowest BCUT2D eigenvalue weighted by Gasteiger charge is -2.39. The van der Waals surface area contributed by atoms with Crippen LogP contribution in [0.25, 0.3) is 0 Å². The molecule has 1 heterocycles. The molecule has 0 radical (unpaired) electrons. The molecule has 0 saturated heterocycles. The van der Waals surface area contributed by atoms with Crippen molar-refractivity contribution in [2.75, 3.05) is 13.2 Å². The third-order valence-corrected chi connectivity index (χ3v) is 11.7. The van der Waals surface area contributed by atoms with Crippen LogP contribution in [0, 0.1) is 0 Å². The summed E-state index contributed by atoms with van der Waals surface area (Å²) in [5.41, 5.74) is -0.0913. The van der Waals surface area contributed by atoms with E-state index in [0.29, 0.717) is 18.9 Å². The highest BCUT2D eigenvalue weighted by molar-refractivity contribution is 9.10. The van der Waals surface area contributed by atoms with Gasteiger partial charge in [-0.1, -0.05) is 20.8 Å². The number of aromatic nitrogens is 1. The van der Waals surface area contributed by atoms with Gasteiger partial charge in [-0.3, -0.25) is 9.59 Å². The summed E-state index contributed by atoms with van der Waals surface area (Å²) in [4.78, 5) is 26.2. The van der Waals surface area contributed by atoms with E-state index in [0.717, 1.165) is 30.2 Å². The quantitative estimate of drug-likeness (QED) is 0.508. The van der Waals surface area contributed by atoms with Gasteiger partial charge in [0.05, 0.1) is 17.2 Å². The first-order chi connectivity index (χ1) is 13.8. The standard InChI is InChI=1S/C22H37BrN2O4Si/c1-16(26)25(12-13-28-30(6,7)22(2,3)4)17-8-10-18(11-9-17)29-20-14-21(27)24(5)15-19(20)23/h14-15,17-18H,8-13H2,1-7H3/t17-,18-. The number of hydrogen-bond acceptors (Lipinski definition) is 4. The molecule has 0 aliphatic heterocycles. The molecule has 0 bridgehead atoms. The Morgan fingerprint density at radius 2 is 1.87 bits per heavy atom. The van der Waals surface area contributed by atoms with Crippen LogP contribution < -0.4 is 10.3 Å². The van der Waals surface area contributed by atoms with E-state index in [1.54, 1.807) is 20.2 Å². The highest BCUT2D eigenvalue weighted by Crippen LogP contribution is 2.36. The molecule has 170 valence electrons. The molecule has 8 heteroatoms. The fraction of sp³-hybridized carbons (Fsp3) is 0.727. The molecule has 1 aliphatic carbocycles. The summed E-state index contributed by atoms with van der Waals surface area (Å²) in [6.07, 6.45) is 5.29. The average Bonchev–Trinajstić information content (AvgIpc) is 2.63. The molecule has 30 heavy (non-hydrogen) atoms. The number of nitrogens with zero attached hydrogens (tertiary/aromatic N) is 2. The third-order valence-electron chi connectivity index (χ3n) is 6.53. The van der Waals surface area contributed by atoms with Crippen LogP contribution >= 0.6 is 15.9 Å². The Labute approximate surface area is 190 Å². The first kappa shape index (κ1) is 25.1. The first-order valence-corrected chi connectivity index (χ1v) is 14.5. The molecule has 1 fully saturated rings. The first-order valence-electron chi connectivity index (χ1n) is 10.8. The van der Waals surface area contributed by atoms with Gasteiger partial charge in [0, 0.05) is 38.8 Å². The number of carbonyl (C=O) groups excluding carboxylic acids is 1. The van der Waals surface area contributed by atoms with Crippen LogP contribution in [-0.4, -0.2) is 49.0 Å². The zero-order valence-corrected chi connectivity index (χ0v) is 22.0. The van der Waals surface area contributed by atoms with Crippen LogP contribution in [0.2, 0.25) is 18.1 Å². The molecule has 1 amide bonds. The van der Waals surface area contributed by atoms with Crippen molar-refractivity contribution in [3.05, 3.63) is 27.1 Å². The molecule has 1 aliphatic rings. The molecule has 0 unspecified atom stereocenters. The lowest BCUT2D eigenvalue weighted by Crippen LogP contribution is -2.47. The van der Waals surface area contributed by atoms with E-state index < -0.39 is 8.32 Å². The highest BCUT2D eigenvalue weighted by Gasteiger charge is 2.37. The van der Waals surface area contributed by atoms with Crippen molar-refractivity contribution in [3.8, 4) is 5.75 Å². The predicted octanol–water partition coefficient (Wildman–Crippen LogP) is 4.71. The Balaban J connectivity index is 1.90. The van der Waals surface area contributed by atoms with Crippen molar-refractivity contribution in [2.24, 2.45) is 7.05 Å². The Morgan fingerprint density at radius 3 is 2.40 bits per heavy atom. The van der Waals surface area contributed by atoms with Gasteiger partial charge in [-0.2, -0.15) is 0 Å². The van der Waals surface area contributed by atoms with E-state index in [1.807, 2.05) is 4.90 Å². The normalized spacial score (nSPS) is 20.1. The summed E-state index contributed by atoms with van der Waals surface area (Å²) in [5, 5.41) is 0.163. The Morgan fingerprint density at radius 1 is 1.27 bits per heavy atom. The molecule has 0 aromatic carbocycles. The van der Waals surface area contributed by atoms with Crippen LogP contribution in [0.5, 0.6) is 5.75 Å². The van der Waals surface area contributed by atoms with E-state index in [4.69, 9.17) is 9.16 Å². The summed E-state index contributed by atoms with van der Waals surface area (Å²) >= 11 is 3.47. The minimum absolute atomic E-state index is 0.0574. The van der Waals surface area contributed by atoms with Crippen molar-refractivity contribution < 1.29 is 14.0 Å². The third kappa shape index (κ3) is 6.44. The minimum atomic E-state index is -1.81. The predicted molar refractivity (Wildman–Crippen MR) is 127 cm³/mol. The maximum atomic E-state index is 12.3. The van der Waals surface area contributed by atoms with Crippen molar-refractivity contribution in [2.45, 2.75) is 83.7 Å². The molecule has 6 nitrogen and oxygen atoms in total. The molecule has 1 aromatic rings. The lowest BCUT2D eigenvalue weighted by atomic mass is 9.91. The van der Waals surface area contributed by atoms with Crippen molar-refractivity contribution in [1.82, 2.24) is 9.47 Å². The second-order valence-corrected chi connectivity index (χ2v) is 15.5. The van der Waals surface area contributed by atoms with Crippen LogP contribution in [0.15, 0.2) is 21.5 Å². The number of halogens is 1. The number of aryl methyl sites for hydroxylation is 1. The van der Waals surface area contributed by atoms with Gasteiger partial charge in [-0.15, -0.1) is 0 Å². The van der Waals surface area contributed by atoms with Gasteiger partial charge in [-0.05, 0) is 59.7 Å². The summed E-state index contributed by atoms with van der Waals surface area (Å²) in [6.45, 7) is 14.0. The summed E-state index contributed by atoms with van der Waals surface area (Å²) in [6, 6.07) is 1.74.